The van der Waals surface area contributed by atoms with Crippen molar-refractivity contribution in [1.29, 1.82) is 0 Å². The molecule has 11 heteroatoms. The second-order valence-electron chi connectivity index (χ2n) is 8.44. The molecule has 0 aromatic heterocycles. The second-order valence-corrected chi connectivity index (χ2v) is 12.1. The summed E-state index contributed by atoms with van der Waals surface area (Å²) in [7, 11) is -6.28. The zero-order valence-corrected chi connectivity index (χ0v) is 21.2. The molecule has 0 atom stereocenters. The fourth-order valence-electron chi connectivity index (χ4n) is 3.71. The number of methoxy groups -OCH3 is 1. The van der Waals surface area contributed by atoms with Crippen LogP contribution in [0.25, 0.3) is 0 Å². The molecule has 1 aliphatic heterocycles. The van der Waals surface area contributed by atoms with Gasteiger partial charge in [0.05, 0.1) is 22.5 Å². The Hall–Kier alpha value is -2.63. The van der Waals surface area contributed by atoms with Gasteiger partial charge in [0.25, 0.3) is 15.9 Å². The van der Waals surface area contributed by atoms with Gasteiger partial charge in [-0.25, -0.2) is 16.8 Å². The fraction of sp³-hybridized carbons (Fsp3) is 0.435. The summed E-state index contributed by atoms with van der Waals surface area (Å²) in [5.74, 6) is -0.202. The van der Waals surface area contributed by atoms with E-state index in [0.29, 0.717) is 13.1 Å². The number of carbonyl (C=O) groups is 1. The number of ether oxygens (including phenoxy) is 1. The van der Waals surface area contributed by atoms with Gasteiger partial charge in [-0.15, -0.1) is 0 Å². The lowest BCUT2D eigenvalue weighted by Gasteiger charge is -2.20. The van der Waals surface area contributed by atoms with Crippen LogP contribution in [-0.4, -0.2) is 53.3 Å². The minimum absolute atomic E-state index is 0.0953. The molecule has 0 radical (unpaired) electrons. The van der Waals surface area contributed by atoms with Crippen LogP contribution in [0.3, 0.4) is 0 Å². The summed E-state index contributed by atoms with van der Waals surface area (Å²) in [6.07, 6.45) is 3.68. The SMILES string of the molecule is COc1ccc(S(=O)(=O)Nc2ccc(S(=O)(=O)N3CCCCCC3)cc2)cc1C(=O)NC(C)C. The zero-order chi connectivity index (χ0) is 24.9. The van der Waals surface area contributed by atoms with Crippen LogP contribution in [-0.2, 0) is 20.0 Å². The van der Waals surface area contributed by atoms with Crippen molar-refractivity contribution in [2.45, 2.75) is 55.4 Å². The molecule has 1 heterocycles. The van der Waals surface area contributed by atoms with Gasteiger partial charge in [-0.2, -0.15) is 4.31 Å². The van der Waals surface area contributed by atoms with Gasteiger partial charge in [0.1, 0.15) is 5.75 Å². The Morgan fingerprint density at radius 2 is 1.50 bits per heavy atom. The van der Waals surface area contributed by atoms with Gasteiger partial charge in [0.2, 0.25) is 10.0 Å². The molecular weight excluding hydrogens is 478 g/mol. The van der Waals surface area contributed by atoms with Crippen molar-refractivity contribution in [1.82, 2.24) is 9.62 Å². The molecule has 0 spiro atoms. The highest BCUT2D eigenvalue weighted by Gasteiger charge is 2.25. The van der Waals surface area contributed by atoms with Gasteiger partial charge < -0.3 is 10.1 Å². The second kappa shape index (κ2) is 10.7. The molecule has 1 aliphatic rings. The van der Waals surface area contributed by atoms with Crippen molar-refractivity contribution < 1.29 is 26.4 Å². The maximum atomic E-state index is 13.0. The molecule has 1 saturated heterocycles. The molecule has 1 fully saturated rings. The molecule has 186 valence electrons. The highest BCUT2D eigenvalue weighted by Crippen LogP contribution is 2.26. The summed E-state index contributed by atoms with van der Waals surface area (Å²) < 4.78 is 60.9. The predicted molar refractivity (Wildman–Crippen MR) is 130 cm³/mol. The van der Waals surface area contributed by atoms with Crippen molar-refractivity contribution in [3.8, 4) is 5.75 Å². The number of hydrogen-bond acceptors (Lipinski definition) is 6. The van der Waals surface area contributed by atoms with Crippen LogP contribution in [0, 0.1) is 0 Å². The molecule has 0 saturated carbocycles. The number of amides is 1. The maximum absolute atomic E-state index is 13.0. The Kier molecular flexibility index (Phi) is 8.21. The molecule has 3 rings (SSSR count). The molecule has 9 nitrogen and oxygen atoms in total. The number of anilines is 1. The number of carbonyl (C=O) groups excluding carboxylic acids is 1. The van der Waals surface area contributed by atoms with E-state index in [1.54, 1.807) is 13.8 Å². The van der Waals surface area contributed by atoms with E-state index in [1.165, 1.54) is 53.9 Å². The topological polar surface area (TPSA) is 122 Å². The van der Waals surface area contributed by atoms with E-state index in [0.717, 1.165) is 25.7 Å². The number of rotatable bonds is 8. The van der Waals surface area contributed by atoms with E-state index in [4.69, 9.17) is 4.74 Å². The Bertz CT molecular complexity index is 1220. The summed E-state index contributed by atoms with van der Waals surface area (Å²) in [4.78, 5) is 12.5. The number of benzene rings is 2. The van der Waals surface area contributed by atoms with Gasteiger partial charge in [-0.05, 0) is 69.2 Å². The van der Waals surface area contributed by atoms with Gasteiger partial charge in [0, 0.05) is 24.8 Å². The summed E-state index contributed by atoms with van der Waals surface area (Å²) in [6, 6.07) is 9.49. The first-order chi connectivity index (χ1) is 16.0. The first-order valence-corrected chi connectivity index (χ1v) is 14.1. The Morgan fingerprint density at radius 3 is 2.06 bits per heavy atom. The van der Waals surface area contributed by atoms with E-state index in [1.807, 2.05) is 0 Å². The van der Waals surface area contributed by atoms with Crippen LogP contribution < -0.4 is 14.8 Å². The number of hydrogen-bond donors (Lipinski definition) is 2. The molecule has 0 aliphatic carbocycles. The normalized spacial score (nSPS) is 15.5. The third kappa shape index (κ3) is 6.08. The lowest BCUT2D eigenvalue weighted by molar-refractivity contribution is 0.0940. The van der Waals surface area contributed by atoms with Crippen LogP contribution in [0.4, 0.5) is 5.69 Å². The Labute approximate surface area is 201 Å². The fourth-order valence-corrected chi connectivity index (χ4v) is 6.31. The molecule has 2 N–H and O–H groups in total. The minimum Gasteiger partial charge on any atom is -0.496 e. The van der Waals surface area contributed by atoms with Crippen LogP contribution in [0.15, 0.2) is 52.3 Å². The van der Waals surface area contributed by atoms with Gasteiger partial charge >= 0.3 is 0 Å². The minimum atomic E-state index is -4.04. The highest BCUT2D eigenvalue weighted by atomic mass is 32.2. The number of nitrogens with zero attached hydrogens (tertiary/aromatic N) is 1. The number of nitrogens with one attached hydrogen (secondary N) is 2. The number of sulfonamides is 2. The van der Waals surface area contributed by atoms with Crippen molar-refractivity contribution in [3.05, 3.63) is 48.0 Å². The van der Waals surface area contributed by atoms with Crippen molar-refractivity contribution in [2.75, 3.05) is 24.9 Å². The predicted octanol–water partition coefficient (Wildman–Crippen LogP) is 3.20. The average Bonchev–Trinajstić information content (AvgIpc) is 3.08. The van der Waals surface area contributed by atoms with Crippen LogP contribution in [0.1, 0.15) is 49.9 Å². The van der Waals surface area contributed by atoms with E-state index in [2.05, 4.69) is 10.0 Å². The lowest BCUT2D eigenvalue weighted by atomic mass is 10.2. The Balaban J connectivity index is 1.82. The molecule has 0 bridgehead atoms. The summed E-state index contributed by atoms with van der Waals surface area (Å²) in [5, 5.41) is 2.72. The van der Waals surface area contributed by atoms with Crippen LogP contribution in [0.5, 0.6) is 5.75 Å². The van der Waals surface area contributed by atoms with E-state index < -0.39 is 26.0 Å². The van der Waals surface area contributed by atoms with E-state index in [9.17, 15) is 21.6 Å². The monoisotopic (exact) mass is 509 g/mol. The lowest BCUT2D eigenvalue weighted by Crippen LogP contribution is -2.31. The summed E-state index contributed by atoms with van der Waals surface area (Å²) >= 11 is 0. The Morgan fingerprint density at radius 1 is 0.912 bits per heavy atom. The third-order valence-corrected chi connectivity index (χ3v) is 8.75. The van der Waals surface area contributed by atoms with E-state index >= 15 is 0 Å². The third-order valence-electron chi connectivity index (χ3n) is 5.45. The zero-order valence-electron chi connectivity index (χ0n) is 19.6. The standard InChI is InChI=1S/C23H31N3O6S2/c1-17(2)24-23(27)21-16-20(12-13-22(21)32-3)33(28,29)25-18-8-10-19(11-9-18)34(30,31)26-14-6-4-5-7-15-26/h8-13,16-17,25H,4-7,14-15H2,1-3H3,(H,24,27). The molecular formula is C23H31N3O6S2. The highest BCUT2D eigenvalue weighted by molar-refractivity contribution is 7.92. The van der Waals surface area contributed by atoms with Gasteiger partial charge in [0.15, 0.2) is 0 Å². The van der Waals surface area contributed by atoms with Crippen molar-refractivity contribution in [2.24, 2.45) is 0 Å². The quantitative estimate of drug-likeness (QED) is 0.564. The first kappa shape index (κ1) is 26.0. The smallest absolute Gasteiger partial charge is 0.261 e. The average molecular weight is 510 g/mol. The molecule has 2 aromatic rings. The van der Waals surface area contributed by atoms with Crippen molar-refractivity contribution in [3.63, 3.8) is 0 Å². The molecule has 0 unspecified atom stereocenters. The van der Waals surface area contributed by atoms with E-state index in [-0.39, 0.29) is 32.8 Å². The molecule has 2 aromatic carbocycles. The van der Waals surface area contributed by atoms with Gasteiger partial charge in [-0.3, -0.25) is 9.52 Å². The molecule has 34 heavy (non-hydrogen) atoms. The summed E-state index contributed by atoms with van der Waals surface area (Å²) in [5.41, 5.74) is 0.303. The van der Waals surface area contributed by atoms with Crippen LogP contribution in [0.2, 0.25) is 0 Å². The first-order valence-electron chi connectivity index (χ1n) is 11.2. The van der Waals surface area contributed by atoms with Gasteiger partial charge in [-0.1, -0.05) is 12.8 Å². The van der Waals surface area contributed by atoms with Crippen LogP contribution >= 0.6 is 0 Å². The molecule has 1 amide bonds. The van der Waals surface area contributed by atoms with Crippen molar-refractivity contribution >= 4 is 31.6 Å². The maximum Gasteiger partial charge on any atom is 0.261 e. The largest absolute Gasteiger partial charge is 0.496 e. The summed E-state index contributed by atoms with van der Waals surface area (Å²) in [6.45, 7) is 4.56.